The van der Waals surface area contributed by atoms with Crippen LogP contribution >= 0.6 is 7.14 Å². The van der Waals surface area contributed by atoms with Crippen molar-refractivity contribution in [2.75, 3.05) is 58.1 Å². The summed E-state index contributed by atoms with van der Waals surface area (Å²) in [6, 6.07) is 8.01. The number of aliphatic hydroxyl groups is 1. The van der Waals surface area contributed by atoms with Gasteiger partial charge < -0.3 is 19.3 Å². The lowest BCUT2D eigenvalue weighted by atomic mass is 10.2. The van der Waals surface area contributed by atoms with Crippen molar-refractivity contribution in [1.29, 1.82) is 0 Å². The van der Waals surface area contributed by atoms with Gasteiger partial charge in [0.05, 0.1) is 12.8 Å². The number of nitrogens with zero attached hydrogens (tertiary/aromatic N) is 2. The van der Waals surface area contributed by atoms with Crippen LogP contribution in [0.15, 0.2) is 24.3 Å². The zero-order valence-corrected chi connectivity index (χ0v) is 13.9. The number of methoxy groups -OCH3 is 1. The highest BCUT2D eigenvalue weighted by Gasteiger charge is 2.26. The van der Waals surface area contributed by atoms with E-state index in [4.69, 9.17) is 4.74 Å². The molecule has 21 heavy (non-hydrogen) atoms. The van der Waals surface area contributed by atoms with Crippen LogP contribution in [0.3, 0.4) is 0 Å². The van der Waals surface area contributed by atoms with Crippen molar-refractivity contribution >= 4 is 12.8 Å². The van der Waals surface area contributed by atoms with Crippen molar-refractivity contribution in [1.82, 2.24) is 4.90 Å². The fraction of sp³-hybridized carbons (Fsp3) is 0.600. The molecule has 6 heteroatoms. The normalized spacial score (nSPS) is 18.6. The minimum Gasteiger partial charge on any atom is -0.495 e. The number of hydrogen-bond donors (Lipinski definition) is 1. The summed E-state index contributed by atoms with van der Waals surface area (Å²) in [4.78, 5) is 4.47. The van der Waals surface area contributed by atoms with E-state index in [0.717, 1.165) is 37.6 Å². The Bertz CT molecular complexity index is 509. The Balaban J connectivity index is 1.93. The van der Waals surface area contributed by atoms with Gasteiger partial charge in [0.1, 0.15) is 18.7 Å². The summed E-state index contributed by atoms with van der Waals surface area (Å²) >= 11 is 0. The Kier molecular flexibility index (Phi) is 5.31. The summed E-state index contributed by atoms with van der Waals surface area (Å²) in [5.74, 6) is 0.160. The van der Waals surface area contributed by atoms with Gasteiger partial charge in [0, 0.05) is 32.7 Å². The molecule has 1 unspecified atom stereocenters. The third kappa shape index (κ3) is 4.22. The first-order valence-electron chi connectivity index (χ1n) is 7.25. The minimum absolute atomic E-state index is 0.490. The molecule has 1 aliphatic heterocycles. The molecule has 0 bridgehead atoms. The van der Waals surface area contributed by atoms with Crippen molar-refractivity contribution in [3.8, 4) is 5.75 Å². The van der Waals surface area contributed by atoms with Crippen molar-refractivity contribution < 1.29 is 14.4 Å². The van der Waals surface area contributed by atoms with Crippen molar-refractivity contribution in [2.45, 2.75) is 5.85 Å². The molecule has 118 valence electrons. The lowest BCUT2D eigenvalue weighted by molar-refractivity contribution is 0.159. The maximum Gasteiger partial charge on any atom is 0.142 e. The van der Waals surface area contributed by atoms with Gasteiger partial charge >= 0.3 is 0 Å². The third-order valence-electron chi connectivity index (χ3n) is 3.94. The van der Waals surface area contributed by atoms with Crippen LogP contribution in [-0.4, -0.2) is 69.0 Å². The van der Waals surface area contributed by atoms with E-state index in [1.54, 1.807) is 20.4 Å². The van der Waals surface area contributed by atoms with E-state index < -0.39 is 13.0 Å². The summed E-state index contributed by atoms with van der Waals surface area (Å²) in [5, 5.41) is 9.96. The molecule has 1 heterocycles. The van der Waals surface area contributed by atoms with E-state index in [0.29, 0.717) is 6.54 Å². The average Bonchev–Trinajstić information content (AvgIpc) is 2.47. The Hall–Kier alpha value is -1.03. The van der Waals surface area contributed by atoms with Gasteiger partial charge in [-0.15, -0.1) is 0 Å². The van der Waals surface area contributed by atoms with Crippen molar-refractivity contribution in [2.24, 2.45) is 0 Å². The van der Waals surface area contributed by atoms with Crippen LogP contribution in [0.5, 0.6) is 5.75 Å². The summed E-state index contributed by atoms with van der Waals surface area (Å²) in [5.41, 5.74) is 1.11. The Morgan fingerprint density at radius 2 is 1.86 bits per heavy atom. The van der Waals surface area contributed by atoms with E-state index in [1.807, 2.05) is 18.2 Å². The molecule has 1 aromatic rings. The lowest BCUT2D eigenvalue weighted by Crippen LogP contribution is -2.48. The minimum atomic E-state index is -2.43. The molecule has 1 N–H and O–H groups in total. The van der Waals surface area contributed by atoms with E-state index in [9.17, 15) is 9.67 Å². The van der Waals surface area contributed by atoms with E-state index in [1.165, 1.54) is 0 Å². The predicted octanol–water partition coefficient (Wildman–Crippen LogP) is 1.76. The summed E-state index contributed by atoms with van der Waals surface area (Å²) in [6.45, 7) is 7.25. The molecule has 0 aliphatic carbocycles. The van der Waals surface area contributed by atoms with Gasteiger partial charge in [-0.05, 0) is 25.5 Å². The molecule has 0 amide bonds. The first-order chi connectivity index (χ1) is 9.91. The molecule has 0 radical (unpaired) electrons. The molecule has 1 fully saturated rings. The number of benzene rings is 1. The maximum atomic E-state index is 11.9. The van der Waals surface area contributed by atoms with Gasteiger partial charge in [-0.3, -0.25) is 4.90 Å². The Labute approximate surface area is 126 Å². The van der Waals surface area contributed by atoms with E-state index >= 15 is 0 Å². The van der Waals surface area contributed by atoms with Crippen LogP contribution in [0.2, 0.25) is 0 Å². The largest absolute Gasteiger partial charge is 0.495 e. The first-order valence-corrected chi connectivity index (χ1v) is 9.92. The predicted molar refractivity (Wildman–Crippen MR) is 87.1 cm³/mol. The highest BCUT2D eigenvalue weighted by Crippen LogP contribution is 2.41. The molecule has 5 nitrogen and oxygen atoms in total. The first kappa shape index (κ1) is 16.3. The van der Waals surface area contributed by atoms with Crippen molar-refractivity contribution in [3.63, 3.8) is 0 Å². The molecule has 1 atom stereocenters. The van der Waals surface area contributed by atoms with Crippen LogP contribution < -0.4 is 9.64 Å². The zero-order valence-electron chi connectivity index (χ0n) is 13.0. The number of hydrogen-bond acceptors (Lipinski definition) is 5. The molecular weight excluding hydrogens is 287 g/mol. The van der Waals surface area contributed by atoms with Gasteiger partial charge in [-0.1, -0.05) is 12.1 Å². The van der Waals surface area contributed by atoms with Gasteiger partial charge in [-0.25, -0.2) is 0 Å². The smallest absolute Gasteiger partial charge is 0.142 e. The summed E-state index contributed by atoms with van der Waals surface area (Å²) < 4.78 is 17.3. The Morgan fingerprint density at radius 3 is 2.43 bits per heavy atom. The molecule has 2 rings (SSSR count). The molecular formula is C15H25N2O3P. The fourth-order valence-corrected chi connectivity index (χ4v) is 3.11. The monoisotopic (exact) mass is 312 g/mol. The standard InChI is InChI=1S/C15H25N2O3P/c1-20-14-7-5-4-6-13(14)17-10-8-16(9-11-17)12-15(18)21(2,3)19/h4-7,15,18H,8-12H2,1-3H3. The van der Waals surface area contributed by atoms with Gasteiger partial charge in [0.15, 0.2) is 0 Å². The maximum absolute atomic E-state index is 11.9. The molecule has 1 aliphatic rings. The second-order valence-corrected chi connectivity index (χ2v) is 9.34. The van der Waals surface area contributed by atoms with E-state index in [-0.39, 0.29) is 0 Å². The third-order valence-corrected chi connectivity index (χ3v) is 5.54. The van der Waals surface area contributed by atoms with Crippen LogP contribution in [0.4, 0.5) is 5.69 Å². The van der Waals surface area contributed by atoms with Crippen LogP contribution in [0, 0.1) is 0 Å². The van der Waals surface area contributed by atoms with Gasteiger partial charge in [-0.2, -0.15) is 0 Å². The molecule has 1 aromatic carbocycles. The highest BCUT2D eigenvalue weighted by atomic mass is 31.2. The highest BCUT2D eigenvalue weighted by molar-refractivity contribution is 7.62. The van der Waals surface area contributed by atoms with Crippen LogP contribution in [-0.2, 0) is 4.57 Å². The van der Waals surface area contributed by atoms with E-state index in [2.05, 4.69) is 15.9 Å². The quantitative estimate of drug-likeness (QED) is 0.840. The molecule has 0 spiro atoms. The van der Waals surface area contributed by atoms with Crippen molar-refractivity contribution in [3.05, 3.63) is 24.3 Å². The van der Waals surface area contributed by atoms with Gasteiger partial charge in [0.2, 0.25) is 0 Å². The second kappa shape index (κ2) is 6.82. The fourth-order valence-electron chi connectivity index (χ4n) is 2.49. The number of β-amino-alcohol motifs (C(OH)–C–C–N with tert-alkyl or cyclic N) is 1. The van der Waals surface area contributed by atoms with Crippen LogP contribution in [0.1, 0.15) is 0 Å². The topological polar surface area (TPSA) is 53.0 Å². The number of anilines is 1. The average molecular weight is 312 g/mol. The number of piperazine rings is 1. The second-order valence-electron chi connectivity index (χ2n) is 5.87. The number of aliphatic hydroxyl groups excluding tert-OH is 1. The Morgan fingerprint density at radius 1 is 1.24 bits per heavy atom. The summed E-state index contributed by atoms with van der Waals surface area (Å²) in [6.07, 6.45) is 0. The molecule has 0 aromatic heterocycles. The van der Waals surface area contributed by atoms with Gasteiger partial charge in [0.25, 0.3) is 0 Å². The molecule has 1 saturated heterocycles. The number of ether oxygens (including phenoxy) is 1. The lowest BCUT2D eigenvalue weighted by Gasteiger charge is -2.37. The summed E-state index contributed by atoms with van der Waals surface area (Å²) in [7, 11) is -0.743. The SMILES string of the molecule is COc1ccccc1N1CCN(CC(O)P(C)(C)=O)CC1. The number of rotatable bonds is 5. The van der Waals surface area contributed by atoms with Crippen LogP contribution in [0.25, 0.3) is 0 Å². The zero-order chi connectivity index (χ0) is 15.5. The molecule has 0 saturated carbocycles. The number of para-hydroxylation sites is 2.